The highest BCUT2D eigenvalue weighted by atomic mass is 32.2. The quantitative estimate of drug-likeness (QED) is 0.631. The number of nitrogens with one attached hydrogen (secondary N) is 2. The van der Waals surface area contributed by atoms with E-state index in [9.17, 15) is 12.8 Å². The highest BCUT2D eigenvalue weighted by Gasteiger charge is 2.27. The minimum atomic E-state index is -2.86. The van der Waals surface area contributed by atoms with Crippen molar-refractivity contribution in [2.75, 3.05) is 24.6 Å². The number of aryl methyl sites for hydroxylation is 1. The average Bonchev–Trinajstić information content (AvgIpc) is 2.85. The Hall–Kier alpha value is -1.63. The molecule has 0 radical (unpaired) electrons. The number of aliphatic imine (C=N–C) groups is 1. The van der Waals surface area contributed by atoms with Crippen LogP contribution in [0.15, 0.2) is 23.2 Å². The van der Waals surface area contributed by atoms with Gasteiger partial charge in [-0.2, -0.15) is 0 Å². The van der Waals surface area contributed by atoms with Crippen LogP contribution in [0.4, 0.5) is 4.39 Å². The van der Waals surface area contributed by atoms with Gasteiger partial charge in [0.25, 0.3) is 0 Å². The summed E-state index contributed by atoms with van der Waals surface area (Å²) in [6.45, 7) is 5.34. The number of nitrogens with zero attached hydrogens (tertiary/aromatic N) is 1. The Balaban J connectivity index is 1.93. The summed E-state index contributed by atoms with van der Waals surface area (Å²) in [7, 11) is -2.86. The highest BCUT2D eigenvalue weighted by Crippen LogP contribution is 2.17. The van der Waals surface area contributed by atoms with Crippen LogP contribution in [0, 0.1) is 18.7 Å². The van der Waals surface area contributed by atoms with Gasteiger partial charge in [0.2, 0.25) is 0 Å². The van der Waals surface area contributed by atoms with Crippen LogP contribution < -0.4 is 10.6 Å². The van der Waals surface area contributed by atoms with Crippen LogP contribution in [0.5, 0.6) is 0 Å². The summed E-state index contributed by atoms with van der Waals surface area (Å²) < 4.78 is 36.5. The Kier molecular flexibility index (Phi) is 5.98. The van der Waals surface area contributed by atoms with Crippen LogP contribution in [0.1, 0.15) is 24.5 Å². The van der Waals surface area contributed by atoms with Gasteiger partial charge in [0.05, 0.1) is 18.1 Å². The maximum absolute atomic E-state index is 13.5. The van der Waals surface area contributed by atoms with Crippen LogP contribution in [0.25, 0.3) is 0 Å². The third-order valence-electron chi connectivity index (χ3n) is 3.89. The molecule has 1 aromatic rings. The predicted molar refractivity (Wildman–Crippen MR) is 90.7 cm³/mol. The SMILES string of the molecule is CCNC(=NCc1ccc(C)c(F)c1)NCC1CCS(=O)(=O)C1. The lowest BCUT2D eigenvalue weighted by Gasteiger charge is -2.14. The smallest absolute Gasteiger partial charge is 0.191 e. The summed E-state index contributed by atoms with van der Waals surface area (Å²) in [6, 6.07) is 5.09. The molecule has 1 fully saturated rings. The average molecular weight is 341 g/mol. The van der Waals surface area contributed by atoms with E-state index in [1.165, 1.54) is 6.07 Å². The fraction of sp³-hybridized carbons (Fsp3) is 0.562. The van der Waals surface area contributed by atoms with E-state index in [4.69, 9.17) is 0 Å². The van der Waals surface area contributed by atoms with Gasteiger partial charge in [-0.3, -0.25) is 0 Å². The molecule has 7 heteroatoms. The van der Waals surface area contributed by atoms with Gasteiger partial charge < -0.3 is 10.6 Å². The van der Waals surface area contributed by atoms with E-state index in [0.717, 1.165) is 5.56 Å². The minimum Gasteiger partial charge on any atom is -0.357 e. The van der Waals surface area contributed by atoms with Gasteiger partial charge >= 0.3 is 0 Å². The molecule has 128 valence electrons. The first-order valence-corrected chi connectivity index (χ1v) is 9.69. The van der Waals surface area contributed by atoms with Crippen molar-refractivity contribution < 1.29 is 12.8 Å². The molecule has 0 saturated carbocycles. The second kappa shape index (κ2) is 7.77. The highest BCUT2D eigenvalue weighted by molar-refractivity contribution is 7.91. The summed E-state index contributed by atoms with van der Waals surface area (Å²) in [5, 5.41) is 6.30. The maximum Gasteiger partial charge on any atom is 0.191 e. The van der Waals surface area contributed by atoms with E-state index in [1.54, 1.807) is 13.0 Å². The molecular formula is C16H24FN3O2S. The summed E-state index contributed by atoms with van der Waals surface area (Å²) in [5.74, 6) is 1.03. The first-order valence-electron chi connectivity index (χ1n) is 7.87. The summed E-state index contributed by atoms with van der Waals surface area (Å²) >= 11 is 0. The van der Waals surface area contributed by atoms with Crippen molar-refractivity contribution in [2.24, 2.45) is 10.9 Å². The summed E-state index contributed by atoms with van der Waals surface area (Å²) in [5.41, 5.74) is 1.42. The van der Waals surface area contributed by atoms with Crippen molar-refractivity contribution in [3.05, 3.63) is 35.1 Å². The molecule has 1 aliphatic rings. The lowest BCUT2D eigenvalue weighted by molar-refractivity contribution is 0.567. The Labute approximate surface area is 137 Å². The second-order valence-corrected chi connectivity index (χ2v) is 8.16. The van der Waals surface area contributed by atoms with Crippen LogP contribution in [-0.2, 0) is 16.4 Å². The van der Waals surface area contributed by atoms with E-state index >= 15 is 0 Å². The first kappa shape index (κ1) is 17.7. The van der Waals surface area contributed by atoms with Crippen LogP contribution in [0.2, 0.25) is 0 Å². The van der Waals surface area contributed by atoms with E-state index in [0.29, 0.717) is 37.6 Å². The minimum absolute atomic E-state index is 0.126. The molecule has 0 bridgehead atoms. The van der Waals surface area contributed by atoms with Crippen LogP contribution in [0.3, 0.4) is 0 Å². The molecule has 1 atom stereocenters. The topological polar surface area (TPSA) is 70.6 Å². The Morgan fingerprint density at radius 1 is 1.39 bits per heavy atom. The fourth-order valence-corrected chi connectivity index (χ4v) is 4.38. The van der Waals surface area contributed by atoms with Gasteiger partial charge in [-0.05, 0) is 43.4 Å². The van der Waals surface area contributed by atoms with Gasteiger partial charge in [0.15, 0.2) is 15.8 Å². The van der Waals surface area contributed by atoms with Gasteiger partial charge in [0.1, 0.15) is 5.82 Å². The third-order valence-corrected chi connectivity index (χ3v) is 5.72. The lowest BCUT2D eigenvalue weighted by atomic mass is 10.1. The van der Waals surface area contributed by atoms with Gasteiger partial charge in [0, 0.05) is 13.1 Å². The van der Waals surface area contributed by atoms with Crippen LogP contribution in [-0.4, -0.2) is 39.0 Å². The van der Waals surface area contributed by atoms with Gasteiger partial charge in [-0.25, -0.2) is 17.8 Å². The number of halogens is 1. The van der Waals surface area contributed by atoms with Crippen LogP contribution >= 0.6 is 0 Å². The van der Waals surface area contributed by atoms with Crippen molar-refractivity contribution in [1.29, 1.82) is 0 Å². The molecular weight excluding hydrogens is 317 g/mol. The Bertz CT molecular complexity index is 674. The maximum atomic E-state index is 13.5. The number of guanidine groups is 1. The molecule has 1 aromatic carbocycles. The van der Waals surface area contributed by atoms with E-state index in [-0.39, 0.29) is 23.2 Å². The molecule has 0 amide bonds. The van der Waals surface area contributed by atoms with E-state index in [2.05, 4.69) is 15.6 Å². The zero-order chi connectivity index (χ0) is 16.9. The summed E-state index contributed by atoms with van der Waals surface area (Å²) in [6.07, 6.45) is 0.692. The number of hydrogen-bond acceptors (Lipinski definition) is 3. The van der Waals surface area contributed by atoms with Gasteiger partial charge in [-0.15, -0.1) is 0 Å². The molecule has 2 N–H and O–H groups in total. The first-order chi connectivity index (χ1) is 10.9. The Morgan fingerprint density at radius 2 is 2.17 bits per heavy atom. The second-order valence-electron chi connectivity index (χ2n) is 5.93. The molecule has 0 spiro atoms. The monoisotopic (exact) mass is 341 g/mol. The molecule has 0 aromatic heterocycles. The van der Waals surface area contributed by atoms with Crippen molar-refractivity contribution in [2.45, 2.75) is 26.8 Å². The van der Waals surface area contributed by atoms with Crippen molar-refractivity contribution >= 4 is 15.8 Å². The van der Waals surface area contributed by atoms with Crippen molar-refractivity contribution in [1.82, 2.24) is 10.6 Å². The number of benzene rings is 1. The van der Waals surface area contributed by atoms with Gasteiger partial charge in [-0.1, -0.05) is 12.1 Å². The molecule has 5 nitrogen and oxygen atoms in total. The zero-order valence-corrected chi connectivity index (χ0v) is 14.4. The largest absolute Gasteiger partial charge is 0.357 e. The number of sulfone groups is 1. The number of rotatable bonds is 5. The van der Waals surface area contributed by atoms with Crippen molar-refractivity contribution in [3.63, 3.8) is 0 Å². The van der Waals surface area contributed by atoms with Crippen molar-refractivity contribution in [3.8, 4) is 0 Å². The Morgan fingerprint density at radius 3 is 2.78 bits per heavy atom. The number of hydrogen-bond donors (Lipinski definition) is 2. The molecule has 1 heterocycles. The third kappa shape index (κ3) is 5.49. The molecule has 1 saturated heterocycles. The standard InChI is InChI=1S/C16H24FN3O2S/c1-3-18-16(20-10-14-6-7-23(21,22)11-14)19-9-13-5-4-12(2)15(17)8-13/h4-5,8,14H,3,6-7,9-11H2,1-2H3,(H2,18,19,20). The van der Waals surface area contributed by atoms with E-state index in [1.807, 2.05) is 13.0 Å². The molecule has 1 aliphatic heterocycles. The molecule has 0 aliphatic carbocycles. The molecule has 2 rings (SSSR count). The predicted octanol–water partition coefficient (Wildman–Crippen LogP) is 1.62. The molecule has 23 heavy (non-hydrogen) atoms. The zero-order valence-electron chi connectivity index (χ0n) is 13.6. The lowest BCUT2D eigenvalue weighted by Crippen LogP contribution is -2.40. The summed E-state index contributed by atoms with van der Waals surface area (Å²) in [4.78, 5) is 4.43. The normalized spacial score (nSPS) is 20.5. The molecule has 1 unspecified atom stereocenters. The van der Waals surface area contributed by atoms with E-state index < -0.39 is 9.84 Å². The fourth-order valence-electron chi connectivity index (χ4n) is 2.52.